The van der Waals surface area contributed by atoms with E-state index in [0.29, 0.717) is 12.1 Å². The molecule has 2 atom stereocenters. The average molecular weight is 226 g/mol. The summed E-state index contributed by atoms with van der Waals surface area (Å²) in [6, 6.07) is 2.22. The van der Waals surface area contributed by atoms with E-state index in [1.165, 1.54) is 38.8 Å². The van der Waals surface area contributed by atoms with Crippen molar-refractivity contribution in [1.82, 2.24) is 10.2 Å². The van der Waals surface area contributed by atoms with Crippen LogP contribution in [-0.2, 0) is 4.74 Å². The molecule has 2 unspecified atom stereocenters. The van der Waals surface area contributed by atoms with Crippen molar-refractivity contribution < 1.29 is 4.74 Å². The monoisotopic (exact) mass is 226 g/mol. The number of ether oxygens (including phenoxy) is 1. The molecular formula is C13H26N2O. The lowest BCUT2D eigenvalue weighted by Crippen LogP contribution is -2.62. The summed E-state index contributed by atoms with van der Waals surface area (Å²) in [4.78, 5) is 2.74. The van der Waals surface area contributed by atoms with Crippen molar-refractivity contribution in [1.29, 1.82) is 0 Å². The lowest BCUT2D eigenvalue weighted by atomic mass is 9.85. The Morgan fingerprint density at radius 1 is 1.25 bits per heavy atom. The summed E-state index contributed by atoms with van der Waals surface area (Å²) < 4.78 is 5.39. The summed E-state index contributed by atoms with van der Waals surface area (Å²) in [6.45, 7) is 6.98. The van der Waals surface area contributed by atoms with E-state index in [1.807, 2.05) is 7.11 Å². The van der Waals surface area contributed by atoms with Gasteiger partial charge in [-0.25, -0.2) is 0 Å². The van der Waals surface area contributed by atoms with Crippen molar-refractivity contribution in [2.24, 2.45) is 0 Å². The van der Waals surface area contributed by atoms with Crippen LogP contribution in [0.2, 0.25) is 0 Å². The lowest BCUT2D eigenvalue weighted by Gasteiger charge is -2.49. The molecule has 0 bridgehead atoms. The van der Waals surface area contributed by atoms with Crippen LogP contribution in [0.15, 0.2) is 0 Å². The second-order valence-corrected chi connectivity index (χ2v) is 5.26. The van der Waals surface area contributed by atoms with E-state index in [9.17, 15) is 0 Å². The van der Waals surface area contributed by atoms with Crippen LogP contribution in [0.3, 0.4) is 0 Å². The van der Waals surface area contributed by atoms with Gasteiger partial charge in [0.2, 0.25) is 0 Å². The Morgan fingerprint density at radius 3 is 2.56 bits per heavy atom. The average Bonchev–Trinajstić information content (AvgIpc) is 2.27. The van der Waals surface area contributed by atoms with Crippen LogP contribution in [0.1, 0.15) is 39.5 Å². The molecule has 0 radical (unpaired) electrons. The first-order chi connectivity index (χ1) is 7.78. The van der Waals surface area contributed by atoms with Gasteiger partial charge in [0, 0.05) is 38.3 Å². The molecule has 2 fully saturated rings. The van der Waals surface area contributed by atoms with Crippen LogP contribution in [0.5, 0.6) is 0 Å². The van der Waals surface area contributed by atoms with E-state index in [2.05, 4.69) is 24.1 Å². The summed E-state index contributed by atoms with van der Waals surface area (Å²) >= 11 is 0. The predicted octanol–water partition coefficient (Wildman–Crippen LogP) is 1.63. The Balaban J connectivity index is 1.88. The summed E-state index contributed by atoms with van der Waals surface area (Å²) in [7, 11) is 1.84. The standard InChI is InChI=1S/C13H26N2O/c1-4-10-9-15(11(5-2)8-14-10)12-6-13(7-12)16-3/h10-14H,4-9H2,1-3H3. The summed E-state index contributed by atoms with van der Waals surface area (Å²) in [6.07, 6.45) is 5.51. The highest BCUT2D eigenvalue weighted by atomic mass is 16.5. The van der Waals surface area contributed by atoms with Gasteiger partial charge in [-0.1, -0.05) is 13.8 Å². The third kappa shape index (κ3) is 2.41. The molecule has 0 aromatic rings. The minimum Gasteiger partial charge on any atom is -0.381 e. The van der Waals surface area contributed by atoms with E-state index >= 15 is 0 Å². The molecule has 1 aliphatic heterocycles. The zero-order valence-corrected chi connectivity index (χ0v) is 10.9. The molecule has 2 aliphatic rings. The van der Waals surface area contributed by atoms with Crippen molar-refractivity contribution in [3.63, 3.8) is 0 Å². The minimum absolute atomic E-state index is 0.525. The molecule has 94 valence electrons. The third-order valence-electron chi connectivity index (χ3n) is 4.38. The van der Waals surface area contributed by atoms with Crippen LogP contribution < -0.4 is 5.32 Å². The van der Waals surface area contributed by atoms with Crippen LogP contribution in [0.25, 0.3) is 0 Å². The normalized spacial score (nSPS) is 40.7. The Kier molecular flexibility index (Phi) is 4.22. The maximum atomic E-state index is 5.39. The van der Waals surface area contributed by atoms with Gasteiger partial charge in [0.25, 0.3) is 0 Å². The van der Waals surface area contributed by atoms with Gasteiger partial charge in [-0.3, -0.25) is 4.90 Å². The topological polar surface area (TPSA) is 24.5 Å². The minimum atomic E-state index is 0.525. The molecule has 2 rings (SSSR count). The molecular weight excluding hydrogens is 200 g/mol. The Labute approximate surface area is 99.5 Å². The molecule has 1 heterocycles. The first kappa shape index (κ1) is 12.3. The zero-order chi connectivity index (χ0) is 11.5. The van der Waals surface area contributed by atoms with Gasteiger partial charge >= 0.3 is 0 Å². The fourth-order valence-electron chi connectivity index (χ4n) is 2.99. The third-order valence-corrected chi connectivity index (χ3v) is 4.38. The maximum absolute atomic E-state index is 5.39. The Hall–Kier alpha value is -0.120. The van der Waals surface area contributed by atoms with E-state index in [0.717, 1.165) is 12.1 Å². The SMILES string of the molecule is CCC1CN(C2CC(OC)C2)C(CC)CN1. The van der Waals surface area contributed by atoms with Gasteiger partial charge in [0.15, 0.2) is 0 Å². The summed E-state index contributed by atoms with van der Waals surface area (Å²) in [5.41, 5.74) is 0. The summed E-state index contributed by atoms with van der Waals surface area (Å²) in [5.74, 6) is 0. The highest BCUT2D eigenvalue weighted by Crippen LogP contribution is 2.31. The summed E-state index contributed by atoms with van der Waals surface area (Å²) in [5, 5.41) is 3.66. The maximum Gasteiger partial charge on any atom is 0.0601 e. The number of piperazine rings is 1. The number of hydrogen-bond donors (Lipinski definition) is 1. The molecule has 0 aromatic carbocycles. The number of methoxy groups -OCH3 is 1. The fourth-order valence-corrected chi connectivity index (χ4v) is 2.99. The lowest BCUT2D eigenvalue weighted by molar-refractivity contribution is -0.0527. The highest BCUT2D eigenvalue weighted by Gasteiger charge is 2.38. The molecule has 0 amide bonds. The molecule has 1 aliphatic carbocycles. The molecule has 1 N–H and O–H groups in total. The molecule has 1 saturated carbocycles. The number of hydrogen-bond acceptors (Lipinski definition) is 3. The number of nitrogens with one attached hydrogen (secondary N) is 1. The molecule has 3 heteroatoms. The van der Waals surface area contributed by atoms with E-state index in [1.54, 1.807) is 0 Å². The molecule has 1 saturated heterocycles. The van der Waals surface area contributed by atoms with E-state index in [-0.39, 0.29) is 0 Å². The second kappa shape index (κ2) is 5.48. The number of nitrogens with zero attached hydrogens (tertiary/aromatic N) is 1. The van der Waals surface area contributed by atoms with Crippen molar-refractivity contribution in [3.8, 4) is 0 Å². The number of rotatable bonds is 4. The Bertz CT molecular complexity index is 216. The van der Waals surface area contributed by atoms with E-state index in [4.69, 9.17) is 4.74 Å². The zero-order valence-electron chi connectivity index (χ0n) is 10.9. The van der Waals surface area contributed by atoms with E-state index < -0.39 is 0 Å². The van der Waals surface area contributed by atoms with Crippen molar-refractivity contribution in [2.75, 3.05) is 20.2 Å². The molecule has 0 spiro atoms. The van der Waals surface area contributed by atoms with Crippen LogP contribution in [-0.4, -0.2) is 49.3 Å². The Morgan fingerprint density at radius 2 is 2.00 bits per heavy atom. The predicted molar refractivity (Wildman–Crippen MR) is 66.7 cm³/mol. The second-order valence-electron chi connectivity index (χ2n) is 5.26. The largest absolute Gasteiger partial charge is 0.381 e. The van der Waals surface area contributed by atoms with Crippen LogP contribution >= 0.6 is 0 Å². The van der Waals surface area contributed by atoms with Gasteiger partial charge in [-0.15, -0.1) is 0 Å². The van der Waals surface area contributed by atoms with Crippen molar-refractivity contribution in [3.05, 3.63) is 0 Å². The van der Waals surface area contributed by atoms with Gasteiger partial charge in [-0.05, 0) is 25.7 Å². The molecule has 16 heavy (non-hydrogen) atoms. The van der Waals surface area contributed by atoms with Gasteiger partial charge < -0.3 is 10.1 Å². The molecule has 3 nitrogen and oxygen atoms in total. The van der Waals surface area contributed by atoms with Crippen molar-refractivity contribution in [2.45, 2.75) is 63.8 Å². The first-order valence-corrected chi connectivity index (χ1v) is 6.80. The molecule has 0 aromatic heterocycles. The smallest absolute Gasteiger partial charge is 0.0601 e. The quantitative estimate of drug-likeness (QED) is 0.788. The fraction of sp³-hybridized carbons (Fsp3) is 1.00. The highest BCUT2D eigenvalue weighted by molar-refractivity contribution is 4.95. The van der Waals surface area contributed by atoms with Gasteiger partial charge in [0.1, 0.15) is 0 Å². The van der Waals surface area contributed by atoms with Crippen molar-refractivity contribution >= 4 is 0 Å². The first-order valence-electron chi connectivity index (χ1n) is 6.80. The van der Waals surface area contributed by atoms with Gasteiger partial charge in [0.05, 0.1) is 6.10 Å². The van der Waals surface area contributed by atoms with Gasteiger partial charge in [-0.2, -0.15) is 0 Å². The van der Waals surface area contributed by atoms with Crippen LogP contribution in [0.4, 0.5) is 0 Å². The van der Waals surface area contributed by atoms with Crippen LogP contribution in [0, 0.1) is 0 Å².